The van der Waals surface area contributed by atoms with Gasteiger partial charge in [0.1, 0.15) is 5.82 Å². The Morgan fingerprint density at radius 3 is 2.53 bits per heavy atom. The minimum Gasteiger partial charge on any atom is -0.325 e. The molecule has 1 heterocycles. The zero-order valence-corrected chi connectivity index (χ0v) is 18.4. The minimum atomic E-state index is -3.71. The van der Waals surface area contributed by atoms with Crippen LogP contribution in [0, 0.1) is 5.82 Å². The van der Waals surface area contributed by atoms with E-state index < -0.39 is 27.3 Å². The molecule has 0 unspecified atom stereocenters. The van der Waals surface area contributed by atoms with E-state index in [0.29, 0.717) is 17.8 Å². The summed E-state index contributed by atoms with van der Waals surface area (Å²) in [7, 11) is -3.71. The van der Waals surface area contributed by atoms with Gasteiger partial charge in [-0.05, 0) is 48.9 Å². The number of nitrogens with one attached hydrogen (secondary N) is 1. The van der Waals surface area contributed by atoms with Crippen LogP contribution in [0.3, 0.4) is 0 Å². The summed E-state index contributed by atoms with van der Waals surface area (Å²) in [6.45, 7) is 2.70. The van der Waals surface area contributed by atoms with Crippen LogP contribution in [0.2, 0.25) is 0 Å². The van der Waals surface area contributed by atoms with Gasteiger partial charge >= 0.3 is 0 Å². The number of nitrogens with zero attached hydrogens (tertiary/aromatic N) is 1. The second-order valence-electron chi connectivity index (χ2n) is 7.74. The average Bonchev–Trinajstić information content (AvgIpc) is 3.05. The molecule has 0 fully saturated rings. The standard InChI is InChI=1S/C24H23FN2O4S/c1-2-3-14-27-21-12-11-20(18-5-4-6-19(23(18)21)24(27)29)26-22(28)13-15-32(30,31)17-9-7-16(25)8-10-17/h4-12H,2-3,13-15H2,1H3,(H,26,28). The van der Waals surface area contributed by atoms with Crippen molar-refractivity contribution >= 4 is 43.8 Å². The quantitative estimate of drug-likeness (QED) is 0.507. The molecule has 0 spiro atoms. The molecule has 0 radical (unpaired) electrons. The van der Waals surface area contributed by atoms with Crippen LogP contribution in [0.4, 0.5) is 15.8 Å². The maximum atomic E-state index is 13.0. The van der Waals surface area contributed by atoms with Crippen molar-refractivity contribution in [3.05, 3.63) is 66.0 Å². The molecule has 4 rings (SSSR count). The van der Waals surface area contributed by atoms with E-state index in [-0.39, 0.29) is 17.2 Å². The lowest BCUT2D eigenvalue weighted by Crippen LogP contribution is -2.27. The Morgan fingerprint density at radius 1 is 1.06 bits per heavy atom. The lowest BCUT2D eigenvalue weighted by atomic mass is 10.0. The van der Waals surface area contributed by atoms with Crippen molar-refractivity contribution in [2.75, 3.05) is 22.5 Å². The van der Waals surface area contributed by atoms with Crippen molar-refractivity contribution in [1.29, 1.82) is 0 Å². The number of anilines is 2. The van der Waals surface area contributed by atoms with Crippen LogP contribution in [-0.2, 0) is 14.6 Å². The zero-order chi connectivity index (χ0) is 22.9. The summed E-state index contributed by atoms with van der Waals surface area (Å²) in [5, 5.41) is 4.31. The van der Waals surface area contributed by atoms with E-state index in [1.165, 1.54) is 12.1 Å². The molecule has 8 heteroatoms. The second kappa shape index (κ2) is 8.70. The van der Waals surface area contributed by atoms with E-state index in [0.717, 1.165) is 41.4 Å². The maximum Gasteiger partial charge on any atom is 0.258 e. The lowest BCUT2D eigenvalue weighted by Gasteiger charge is -2.17. The number of carbonyl (C=O) groups is 2. The molecule has 0 bridgehead atoms. The molecule has 3 aromatic carbocycles. The molecule has 2 amide bonds. The highest BCUT2D eigenvalue weighted by Gasteiger charge is 2.30. The van der Waals surface area contributed by atoms with E-state index in [2.05, 4.69) is 12.2 Å². The fraction of sp³-hybridized carbons (Fsp3) is 0.250. The van der Waals surface area contributed by atoms with Gasteiger partial charge in [-0.25, -0.2) is 12.8 Å². The largest absolute Gasteiger partial charge is 0.325 e. The molecule has 0 saturated carbocycles. The minimum absolute atomic E-state index is 0.0253. The number of rotatable bonds is 8. The van der Waals surface area contributed by atoms with Gasteiger partial charge in [0.05, 0.1) is 16.3 Å². The third kappa shape index (κ3) is 4.10. The summed E-state index contributed by atoms with van der Waals surface area (Å²) in [5.74, 6) is -1.42. The highest BCUT2D eigenvalue weighted by Crippen LogP contribution is 2.40. The predicted octanol–water partition coefficient (Wildman–Crippen LogP) is 4.54. The first-order valence-corrected chi connectivity index (χ1v) is 12.1. The summed E-state index contributed by atoms with van der Waals surface area (Å²) in [4.78, 5) is 27.1. The number of benzene rings is 3. The molecule has 1 N–H and O–H groups in total. The molecule has 32 heavy (non-hydrogen) atoms. The van der Waals surface area contributed by atoms with E-state index in [9.17, 15) is 22.4 Å². The van der Waals surface area contributed by atoms with Crippen molar-refractivity contribution in [2.45, 2.75) is 31.1 Å². The Morgan fingerprint density at radius 2 is 1.81 bits per heavy atom. The van der Waals surface area contributed by atoms with E-state index >= 15 is 0 Å². The first-order chi connectivity index (χ1) is 15.3. The summed E-state index contributed by atoms with van der Waals surface area (Å²) in [6, 6.07) is 13.5. The van der Waals surface area contributed by atoms with Gasteiger partial charge < -0.3 is 10.2 Å². The second-order valence-corrected chi connectivity index (χ2v) is 9.85. The number of unbranched alkanes of at least 4 members (excludes halogenated alkanes) is 1. The third-order valence-electron chi connectivity index (χ3n) is 5.56. The molecule has 166 valence electrons. The van der Waals surface area contributed by atoms with Gasteiger partial charge in [-0.1, -0.05) is 25.5 Å². The number of amides is 2. The van der Waals surface area contributed by atoms with Gasteiger partial charge in [0.15, 0.2) is 9.84 Å². The van der Waals surface area contributed by atoms with Crippen LogP contribution >= 0.6 is 0 Å². The predicted molar refractivity (Wildman–Crippen MR) is 122 cm³/mol. The Hall–Kier alpha value is -3.26. The van der Waals surface area contributed by atoms with Gasteiger partial charge in [-0.2, -0.15) is 0 Å². The molecule has 3 aromatic rings. The first kappa shape index (κ1) is 22.0. The molecule has 6 nitrogen and oxygen atoms in total. The number of carbonyl (C=O) groups excluding carboxylic acids is 2. The SMILES string of the molecule is CCCCN1C(=O)c2cccc3c(NC(=O)CCS(=O)(=O)c4ccc(F)cc4)ccc1c23. The third-order valence-corrected chi connectivity index (χ3v) is 7.30. The van der Waals surface area contributed by atoms with Crippen LogP contribution in [0.25, 0.3) is 10.8 Å². The van der Waals surface area contributed by atoms with Gasteiger partial charge in [-0.15, -0.1) is 0 Å². The highest BCUT2D eigenvalue weighted by atomic mass is 32.2. The fourth-order valence-electron chi connectivity index (χ4n) is 3.89. The Kier molecular flexibility index (Phi) is 5.97. The van der Waals surface area contributed by atoms with E-state index in [4.69, 9.17) is 0 Å². The number of halogens is 1. The van der Waals surface area contributed by atoms with E-state index in [1.807, 2.05) is 12.1 Å². The van der Waals surface area contributed by atoms with Gasteiger partial charge in [0.25, 0.3) is 5.91 Å². The van der Waals surface area contributed by atoms with Crippen molar-refractivity contribution in [3.63, 3.8) is 0 Å². The van der Waals surface area contributed by atoms with Crippen LogP contribution in [0.15, 0.2) is 59.5 Å². The molecular weight excluding hydrogens is 431 g/mol. The smallest absolute Gasteiger partial charge is 0.258 e. The van der Waals surface area contributed by atoms with Crippen LogP contribution < -0.4 is 10.2 Å². The molecule has 1 aliphatic rings. The Bertz CT molecular complexity index is 1300. The van der Waals surface area contributed by atoms with Crippen molar-refractivity contribution in [1.82, 2.24) is 0 Å². The van der Waals surface area contributed by atoms with Crippen LogP contribution in [0.1, 0.15) is 36.5 Å². The van der Waals surface area contributed by atoms with Crippen LogP contribution in [0.5, 0.6) is 0 Å². The van der Waals surface area contributed by atoms with E-state index in [1.54, 1.807) is 23.1 Å². The monoisotopic (exact) mass is 454 g/mol. The summed E-state index contributed by atoms with van der Waals surface area (Å²) in [6.07, 6.45) is 1.62. The molecular formula is C24H23FN2O4S. The van der Waals surface area contributed by atoms with Gasteiger partial charge in [-0.3, -0.25) is 9.59 Å². The normalized spacial score (nSPS) is 13.1. The molecule has 0 aromatic heterocycles. The molecule has 0 saturated heterocycles. The topological polar surface area (TPSA) is 83.6 Å². The molecule has 1 aliphatic heterocycles. The van der Waals surface area contributed by atoms with Crippen LogP contribution in [-0.4, -0.2) is 32.5 Å². The van der Waals surface area contributed by atoms with Gasteiger partial charge in [0, 0.05) is 35.0 Å². The number of hydrogen-bond acceptors (Lipinski definition) is 4. The lowest BCUT2D eigenvalue weighted by molar-refractivity contribution is -0.115. The Labute approximate surface area is 186 Å². The van der Waals surface area contributed by atoms with Crippen molar-refractivity contribution < 1.29 is 22.4 Å². The molecule has 0 atom stereocenters. The maximum absolute atomic E-state index is 13.0. The fourth-order valence-corrected chi connectivity index (χ4v) is 5.13. The number of hydrogen-bond donors (Lipinski definition) is 1. The highest BCUT2D eigenvalue weighted by molar-refractivity contribution is 7.91. The Balaban J connectivity index is 1.53. The first-order valence-electron chi connectivity index (χ1n) is 10.5. The summed E-state index contributed by atoms with van der Waals surface area (Å²) >= 11 is 0. The van der Waals surface area contributed by atoms with Crippen molar-refractivity contribution in [2.24, 2.45) is 0 Å². The van der Waals surface area contributed by atoms with Crippen molar-refractivity contribution in [3.8, 4) is 0 Å². The van der Waals surface area contributed by atoms with Gasteiger partial charge in [0.2, 0.25) is 5.91 Å². The number of sulfone groups is 1. The zero-order valence-electron chi connectivity index (χ0n) is 17.6. The average molecular weight is 455 g/mol. The summed E-state index contributed by atoms with van der Waals surface area (Å²) < 4.78 is 37.9. The molecule has 0 aliphatic carbocycles. The summed E-state index contributed by atoms with van der Waals surface area (Å²) in [5.41, 5.74) is 1.95.